The van der Waals surface area contributed by atoms with Crippen LogP contribution < -0.4 is 10.6 Å². The van der Waals surface area contributed by atoms with Gasteiger partial charge in [-0.2, -0.15) is 0 Å². The minimum atomic E-state index is -0.00282. The average molecular weight is 336 g/mol. The van der Waals surface area contributed by atoms with Gasteiger partial charge < -0.3 is 10.6 Å². The van der Waals surface area contributed by atoms with E-state index in [9.17, 15) is 4.79 Å². The van der Waals surface area contributed by atoms with Crippen LogP contribution in [-0.2, 0) is 4.79 Å². The van der Waals surface area contributed by atoms with Gasteiger partial charge in [0.15, 0.2) is 0 Å². The maximum atomic E-state index is 11.5. The van der Waals surface area contributed by atoms with Crippen molar-refractivity contribution in [2.45, 2.75) is 6.42 Å². The third-order valence-electron chi connectivity index (χ3n) is 1.83. The van der Waals surface area contributed by atoms with Gasteiger partial charge in [-0.1, -0.05) is 6.07 Å². The molecule has 15 heavy (non-hydrogen) atoms. The lowest BCUT2D eigenvalue weighted by atomic mass is 10.3. The fourth-order valence-corrected chi connectivity index (χ4v) is 2.25. The molecular formula is C10H12Br2N2O. The Labute approximate surface area is 106 Å². The lowest BCUT2D eigenvalue weighted by Crippen LogP contribution is -2.19. The van der Waals surface area contributed by atoms with Crippen molar-refractivity contribution >= 4 is 43.5 Å². The summed E-state index contributed by atoms with van der Waals surface area (Å²) in [5.74, 6) is -0.00282. The van der Waals surface area contributed by atoms with Crippen molar-refractivity contribution in [2.24, 2.45) is 0 Å². The molecule has 0 heterocycles. The Morgan fingerprint density at radius 1 is 1.33 bits per heavy atom. The summed E-state index contributed by atoms with van der Waals surface area (Å²) in [6.45, 7) is 0.675. The van der Waals surface area contributed by atoms with E-state index in [0.717, 1.165) is 14.6 Å². The lowest BCUT2D eigenvalue weighted by molar-refractivity contribution is -0.116. The molecule has 1 aromatic rings. The Hall–Kier alpha value is -0.390. The molecule has 0 aliphatic carbocycles. The van der Waals surface area contributed by atoms with E-state index in [2.05, 4.69) is 42.5 Å². The molecule has 1 aromatic carbocycles. The first-order valence-electron chi connectivity index (χ1n) is 4.53. The zero-order valence-corrected chi connectivity index (χ0v) is 11.5. The topological polar surface area (TPSA) is 41.1 Å². The van der Waals surface area contributed by atoms with Crippen molar-refractivity contribution < 1.29 is 4.79 Å². The van der Waals surface area contributed by atoms with Crippen molar-refractivity contribution in [3.63, 3.8) is 0 Å². The number of benzene rings is 1. The number of carbonyl (C=O) groups excluding carboxylic acids is 1. The lowest BCUT2D eigenvalue weighted by Gasteiger charge is -2.09. The second kappa shape index (κ2) is 6.25. The molecule has 0 fully saturated rings. The van der Waals surface area contributed by atoms with E-state index < -0.39 is 0 Å². The molecule has 0 aliphatic heterocycles. The summed E-state index contributed by atoms with van der Waals surface area (Å²) in [5.41, 5.74) is 0.776. The van der Waals surface area contributed by atoms with Gasteiger partial charge in [-0.05, 0) is 51.0 Å². The molecule has 0 bridgehead atoms. The average Bonchev–Trinajstić information content (AvgIpc) is 2.21. The van der Waals surface area contributed by atoms with E-state index >= 15 is 0 Å². The molecule has 3 nitrogen and oxygen atoms in total. The van der Waals surface area contributed by atoms with Crippen molar-refractivity contribution in [1.82, 2.24) is 5.32 Å². The Bertz CT molecular complexity index is 335. The molecule has 1 amide bonds. The van der Waals surface area contributed by atoms with E-state index in [1.54, 1.807) is 0 Å². The number of carbonyl (C=O) groups is 1. The van der Waals surface area contributed by atoms with E-state index in [0.29, 0.717) is 13.0 Å². The third kappa shape index (κ3) is 3.93. The number of amides is 1. The molecule has 0 aliphatic rings. The predicted octanol–water partition coefficient (Wildman–Crippen LogP) is 2.76. The summed E-state index contributed by atoms with van der Waals surface area (Å²) in [6.07, 6.45) is 0.463. The standard InChI is InChI=1S/C10H12Br2N2O/c1-13-6-5-9(15)14-10-7(11)3-2-4-8(10)12/h2-4,13H,5-6H2,1H3,(H,14,15). The molecule has 0 atom stereocenters. The monoisotopic (exact) mass is 334 g/mol. The number of halogens is 2. The second-order valence-corrected chi connectivity index (χ2v) is 4.71. The molecule has 82 valence electrons. The fraction of sp³-hybridized carbons (Fsp3) is 0.300. The third-order valence-corrected chi connectivity index (χ3v) is 3.15. The molecular weight excluding hydrogens is 324 g/mol. The number of hydrogen-bond donors (Lipinski definition) is 2. The van der Waals surface area contributed by atoms with E-state index in [1.165, 1.54) is 0 Å². The van der Waals surface area contributed by atoms with Crippen LogP contribution in [0.25, 0.3) is 0 Å². The summed E-state index contributed by atoms with van der Waals surface area (Å²) in [7, 11) is 1.82. The van der Waals surface area contributed by atoms with E-state index in [4.69, 9.17) is 0 Å². The van der Waals surface area contributed by atoms with Crippen molar-refractivity contribution in [3.8, 4) is 0 Å². The molecule has 0 unspecified atom stereocenters. The van der Waals surface area contributed by atoms with Gasteiger partial charge in [0, 0.05) is 21.9 Å². The van der Waals surface area contributed by atoms with Crippen LogP contribution in [0.15, 0.2) is 27.1 Å². The van der Waals surface area contributed by atoms with Crippen LogP contribution in [0, 0.1) is 0 Å². The van der Waals surface area contributed by atoms with Crippen LogP contribution >= 0.6 is 31.9 Å². The van der Waals surface area contributed by atoms with E-state index in [-0.39, 0.29) is 5.91 Å². The first-order chi connectivity index (χ1) is 7.15. The number of rotatable bonds is 4. The summed E-state index contributed by atoms with van der Waals surface area (Å²) >= 11 is 6.77. The predicted molar refractivity (Wildman–Crippen MR) is 69.0 cm³/mol. The highest BCUT2D eigenvalue weighted by Crippen LogP contribution is 2.30. The van der Waals surface area contributed by atoms with Gasteiger partial charge in [-0.3, -0.25) is 4.79 Å². The van der Waals surface area contributed by atoms with Crippen LogP contribution in [0.2, 0.25) is 0 Å². The molecule has 2 N–H and O–H groups in total. The van der Waals surface area contributed by atoms with Crippen LogP contribution in [0.1, 0.15) is 6.42 Å². The first kappa shape index (κ1) is 12.7. The molecule has 0 saturated heterocycles. The normalized spacial score (nSPS) is 10.1. The number of anilines is 1. The maximum absolute atomic E-state index is 11.5. The van der Waals surface area contributed by atoms with Gasteiger partial charge in [0.1, 0.15) is 0 Å². The summed E-state index contributed by atoms with van der Waals surface area (Å²) < 4.78 is 1.74. The van der Waals surface area contributed by atoms with Gasteiger partial charge in [0.2, 0.25) is 5.91 Å². The second-order valence-electron chi connectivity index (χ2n) is 3.00. The Morgan fingerprint density at radius 2 is 1.93 bits per heavy atom. The zero-order chi connectivity index (χ0) is 11.3. The molecule has 5 heteroatoms. The summed E-state index contributed by atoms with van der Waals surface area (Å²) in [6, 6.07) is 5.67. The van der Waals surface area contributed by atoms with Crippen molar-refractivity contribution in [1.29, 1.82) is 0 Å². The fourth-order valence-electron chi connectivity index (χ4n) is 1.06. The summed E-state index contributed by atoms with van der Waals surface area (Å²) in [4.78, 5) is 11.5. The number of para-hydroxylation sites is 1. The number of hydrogen-bond acceptors (Lipinski definition) is 2. The molecule has 1 rings (SSSR count). The summed E-state index contributed by atoms with van der Waals surface area (Å²) in [5, 5.41) is 5.77. The Kier molecular flexibility index (Phi) is 5.28. The van der Waals surface area contributed by atoms with Gasteiger partial charge in [0.25, 0.3) is 0 Å². The van der Waals surface area contributed by atoms with Crippen LogP contribution in [0.4, 0.5) is 5.69 Å². The molecule has 0 aromatic heterocycles. The number of nitrogens with one attached hydrogen (secondary N) is 2. The molecule has 0 saturated carbocycles. The highest BCUT2D eigenvalue weighted by molar-refractivity contribution is 9.11. The maximum Gasteiger partial charge on any atom is 0.225 e. The minimum Gasteiger partial charge on any atom is -0.324 e. The van der Waals surface area contributed by atoms with Gasteiger partial charge in [-0.15, -0.1) is 0 Å². The van der Waals surface area contributed by atoms with Gasteiger partial charge >= 0.3 is 0 Å². The quantitative estimate of drug-likeness (QED) is 0.888. The van der Waals surface area contributed by atoms with Crippen LogP contribution in [0.3, 0.4) is 0 Å². The highest BCUT2D eigenvalue weighted by atomic mass is 79.9. The smallest absolute Gasteiger partial charge is 0.225 e. The zero-order valence-electron chi connectivity index (χ0n) is 8.31. The Morgan fingerprint density at radius 3 is 2.47 bits per heavy atom. The van der Waals surface area contributed by atoms with E-state index in [1.807, 2.05) is 25.2 Å². The van der Waals surface area contributed by atoms with Gasteiger partial charge in [0.05, 0.1) is 5.69 Å². The largest absolute Gasteiger partial charge is 0.324 e. The SMILES string of the molecule is CNCCC(=O)Nc1c(Br)cccc1Br. The highest BCUT2D eigenvalue weighted by Gasteiger charge is 2.07. The molecule has 0 spiro atoms. The minimum absolute atomic E-state index is 0.00282. The first-order valence-corrected chi connectivity index (χ1v) is 6.12. The van der Waals surface area contributed by atoms with Crippen LogP contribution in [-0.4, -0.2) is 19.5 Å². The Balaban J connectivity index is 2.68. The van der Waals surface area contributed by atoms with Crippen molar-refractivity contribution in [2.75, 3.05) is 18.9 Å². The van der Waals surface area contributed by atoms with Crippen molar-refractivity contribution in [3.05, 3.63) is 27.1 Å². The molecule has 0 radical (unpaired) electrons. The van der Waals surface area contributed by atoms with Crippen LogP contribution in [0.5, 0.6) is 0 Å². The van der Waals surface area contributed by atoms with Gasteiger partial charge in [-0.25, -0.2) is 0 Å².